The zero-order valence-corrected chi connectivity index (χ0v) is 65.0. The summed E-state index contributed by atoms with van der Waals surface area (Å²) in [5.74, 6) is -5.40. The summed E-state index contributed by atoms with van der Waals surface area (Å²) in [6, 6.07) is 0. The Hall–Kier alpha value is -4.42. The van der Waals surface area contributed by atoms with Gasteiger partial charge >= 0.3 is 71.6 Å². The predicted molar refractivity (Wildman–Crippen MR) is 386 cm³/mol. The summed E-state index contributed by atoms with van der Waals surface area (Å²) < 4.78 is 64.2. The molecular formula is C65H112N4O24S6. The molecule has 0 aliphatic rings. The number of carbonyl (C=O) groups excluding carboxylic acids is 12. The van der Waals surface area contributed by atoms with E-state index in [1.54, 1.807) is 41.5 Å². The third-order valence-electron chi connectivity index (χ3n) is 14.3. The van der Waals surface area contributed by atoms with E-state index in [1.165, 1.54) is 58.8 Å². The van der Waals surface area contributed by atoms with Crippen LogP contribution in [0.1, 0.15) is 80.1 Å². The van der Waals surface area contributed by atoms with E-state index in [2.05, 4.69) is 12.6 Å². The monoisotopic (exact) mass is 1520 g/mol. The Kier molecular flexibility index (Phi) is 58.4. The molecule has 0 aromatic rings. The first-order chi connectivity index (χ1) is 47.3. The molecule has 0 bridgehead atoms. The quantitative estimate of drug-likeness (QED) is 0.0376. The Morgan fingerprint density at radius 3 is 0.535 bits per heavy atom. The lowest BCUT2D eigenvalue weighted by Crippen LogP contribution is -2.45. The van der Waals surface area contributed by atoms with E-state index in [0.29, 0.717) is 28.8 Å². The molecule has 0 aromatic carbocycles. The molecule has 0 spiro atoms. The lowest BCUT2D eigenvalue weighted by molar-refractivity contribution is -0.154. The van der Waals surface area contributed by atoms with Crippen LogP contribution in [0.5, 0.6) is 0 Å². The Labute approximate surface area is 612 Å². The third kappa shape index (κ3) is 51.4. The first-order valence-corrected chi connectivity index (χ1v) is 40.8. The molecule has 0 radical (unpaired) electrons. The Morgan fingerprint density at radius 2 is 0.384 bits per heavy atom. The highest BCUT2D eigenvalue weighted by molar-refractivity contribution is 7.99. The summed E-state index contributed by atoms with van der Waals surface area (Å²) >= 11 is 11.6. The van der Waals surface area contributed by atoms with Gasteiger partial charge in [0.25, 0.3) is 0 Å². The standard InChI is InChI=1S/C65H112N4O24S6/c1-48(42-94)60(76)88-36-30-82-54(70)12-18-66(19-13-55(71)83-31-37-89-61(77)49(2)43-95-7)24-27-69(28-25-67(20-14-56(72)84-32-38-90-62(78)50(3)44-96-8)21-15-57(73)85-33-39-91-63(79)51(4)45-97-9)29-26-68(22-16-58(74)86-34-40-92-64(80)52(5)46-98-10)23-17-59(75)87-35-41-93-65(81)53(6)47-99-11/h48-53,94H,12-47H2,1-11H3. The highest BCUT2D eigenvalue weighted by Gasteiger charge is 2.23. The molecule has 572 valence electrons. The second-order valence-corrected chi connectivity index (χ2v) is 28.0. The average Bonchev–Trinajstić information content (AvgIpc) is 1.41. The first-order valence-electron chi connectivity index (χ1n) is 33.2. The van der Waals surface area contributed by atoms with Crippen LogP contribution in [0.15, 0.2) is 0 Å². The molecule has 0 fully saturated rings. The summed E-state index contributed by atoms with van der Waals surface area (Å²) in [6.45, 7) is 10.3. The van der Waals surface area contributed by atoms with Crippen molar-refractivity contribution in [1.82, 2.24) is 19.6 Å². The molecule has 0 saturated carbocycles. The van der Waals surface area contributed by atoms with Crippen LogP contribution in [0, 0.1) is 35.5 Å². The van der Waals surface area contributed by atoms with Gasteiger partial charge in [-0.1, -0.05) is 41.5 Å². The summed E-state index contributed by atoms with van der Waals surface area (Å²) in [6.07, 6.45) is 8.54. The number of carbonyl (C=O) groups is 12. The van der Waals surface area contributed by atoms with Crippen LogP contribution in [0.3, 0.4) is 0 Å². The second-order valence-electron chi connectivity index (χ2n) is 23.1. The molecule has 0 heterocycles. The van der Waals surface area contributed by atoms with Crippen LogP contribution in [0.4, 0.5) is 0 Å². The van der Waals surface area contributed by atoms with Crippen molar-refractivity contribution in [1.29, 1.82) is 0 Å². The number of esters is 12. The van der Waals surface area contributed by atoms with Crippen molar-refractivity contribution in [3.8, 4) is 0 Å². The highest BCUT2D eigenvalue weighted by Crippen LogP contribution is 2.13. The fourth-order valence-electron chi connectivity index (χ4n) is 8.42. The van der Waals surface area contributed by atoms with Crippen molar-refractivity contribution in [2.75, 3.05) is 224 Å². The van der Waals surface area contributed by atoms with Crippen LogP contribution in [0.25, 0.3) is 0 Å². The fourth-order valence-corrected chi connectivity index (χ4v) is 11.8. The Morgan fingerprint density at radius 1 is 0.242 bits per heavy atom. The maximum absolute atomic E-state index is 13.2. The molecule has 0 rings (SSSR count). The van der Waals surface area contributed by atoms with E-state index < -0.39 is 77.5 Å². The maximum atomic E-state index is 13.2. The van der Waals surface area contributed by atoms with E-state index in [1.807, 2.05) is 50.9 Å². The van der Waals surface area contributed by atoms with Gasteiger partial charge in [0.05, 0.1) is 74.0 Å². The molecule has 0 saturated heterocycles. The topological polar surface area (TPSA) is 329 Å². The normalized spacial score (nSPS) is 13.1. The summed E-state index contributed by atoms with van der Waals surface area (Å²) in [7, 11) is 0. The summed E-state index contributed by atoms with van der Waals surface area (Å²) in [5.41, 5.74) is 0. The maximum Gasteiger partial charge on any atom is 0.309 e. The van der Waals surface area contributed by atoms with Crippen LogP contribution in [-0.2, 0) is 114 Å². The number of thiol groups is 1. The molecule has 34 heteroatoms. The van der Waals surface area contributed by atoms with Gasteiger partial charge in [0.2, 0.25) is 0 Å². The minimum absolute atomic E-state index is 0.0895. The van der Waals surface area contributed by atoms with Crippen molar-refractivity contribution >= 4 is 143 Å². The molecule has 0 aliphatic heterocycles. The lowest BCUT2D eigenvalue weighted by Gasteiger charge is -2.32. The number of hydrogen-bond donors (Lipinski definition) is 1. The van der Waals surface area contributed by atoms with Gasteiger partial charge in [-0.25, -0.2) is 0 Å². The van der Waals surface area contributed by atoms with Gasteiger partial charge in [-0.3, -0.25) is 62.4 Å². The number of ether oxygens (including phenoxy) is 12. The molecule has 0 aliphatic carbocycles. The minimum Gasteiger partial charge on any atom is -0.462 e. The molecule has 6 unspecified atom stereocenters. The third-order valence-corrected chi connectivity index (χ3v) is 19.0. The predicted octanol–water partition coefficient (Wildman–Crippen LogP) is 4.61. The van der Waals surface area contributed by atoms with Gasteiger partial charge in [-0.15, -0.1) is 0 Å². The van der Waals surface area contributed by atoms with Gasteiger partial charge in [-0.05, 0) is 31.3 Å². The van der Waals surface area contributed by atoms with E-state index in [0.717, 1.165) is 0 Å². The SMILES string of the molecule is CSCC(C)C(=O)OCCOC(=O)CCN(CCC(=O)OCCOC(=O)C(C)CS)CCN(CCN(CCC(=O)OCCOC(=O)C(C)CSC)CCC(=O)OCCOC(=O)C(C)CSC)CCN(CCC(=O)OCCOC(=O)C(C)CSC)CCC(=O)OCCOC(=O)C(C)CSC. The molecule has 28 nitrogen and oxygen atoms in total. The van der Waals surface area contributed by atoms with Gasteiger partial charge in [0.15, 0.2) is 0 Å². The van der Waals surface area contributed by atoms with Crippen molar-refractivity contribution < 1.29 is 114 Å². The van der Waals surface area contributed by atoms with E-state index in [9.17, 15) is 57.5 Å². The van der Waals surface area contributed by atoms with E-state index in [-0.39, 0.29) is 232 Å². The smallest absolute Gasteiger partial charge is 0.309 e. The van der Waals surface area contributed by atoms with Crippen molar-refractivity contribution in [2.45, 2.75) is 80.1 Å². The van der Waals surface area contributed by atoms with Gasteiger partial charge < -0.3 is 71.5 Å². The zero-order valence-electron chi connectivity index (χ0n) is 60.0. The first kappa shape index (κ1) is 94.6. The molecule has 6 atom stereocenters. The summed E-state index contributed by atoms with van der Waals surface area (Å²) in [5, 5.41) is 0. The minimum atomic E-state index is -0.609. The zero-order chi connectivity index (χ0) is 74.2. The second kappa shape index (κ2) is 61.1. The lowest BCUT2D eigenvalue weighted by atomic mass is 10.2. The van der Waals surface area contributed by atoms with Crippen LogP contribution in [-0.4, -0.2) is 315 Å². The summed E-state index contributed by atoms with van der Waals surface area (Å²) in [4.78, 5) is 161. The fraction of sp³-hybridized carbons (Fsp3) is 0.815. The van der Waals surface area contributed by atoms with E-state index >= 15 is 0 Å². The molecule has 0 N–H and O–H groups in total. The van der Waals surface area contributed by atoms with Crippen molar-refractivity contribution in [2.24, 2.45) is 35.5 Å². The van der Waals surface area contributed by atoms with Gasteiger partial charge in [0, 0.05) is 113 Å². The molecular weight excluding hydrogens is 1410 g/mol. The van der Waals surface area contributed by atoms with Crippen molar-refractivity contribution in [3.05, 3.63) is 0 Å². The molecule has 99 heavy (non-hydrogen) atoms. The molecule has 0 aromatic heterocycles. The highest BCUT2D eigenvalue weighted by atomic mass is 32.2. The van der Waals surface area contributed by atoms with Gasteiger partial charge in [0.1, 0.15) is 79.3 Å². The number of rotatable bonds is 62. The Balaban J connectivity index is 7.17. The van der Waals surface area contributed by atoms with Gasteiger partial charge in [-0.2, -0.15) is 71.4 Å². The average molecular weight is 1530 g/mol. The number of hydrogen-bond acceptors (Lipinski definition) is 34. The number of nitrogens with zero attached hydrogens (tertiary/aromatic N) is 4. The van der Waals surface area contributed by atoms with E-state index in [4.69, 9.17) is 56.8 Å². The number of thioether (sulfide) groups is 5. The molecule has 0 amide bonds. The van der Waals surface area contributed by atoms with Crippen LogP contribution < -0.4 is 0 Å². The van der Waals surface area contributed by atoms with Crippen LogP contribution in [0.2, 0.25) is 0 Å². The largest absolute Gasteiger partial charge is 0.462 e. The van der Waals surface area contributed by atoms with Crippen molar-refractivity contribution in [3.63, 3.8) is 0 Å². The van der Waals surface area contributed by atoms with Crippen LogP contribution >= 0.6 is 71.4 Å². The Bertz CT molecular complexity index is 2140.